The number of ether oxygens (including phenoxy) is 1. The molecule has 0 aliphatic carbocycles. The molecule has 0 saturated heterocycles. The number of fused-ring (bicyclic) bond motifs is 1. The van der Waals surface area contributed by atoms with Crippen molar-refractivity contribution in [2.45, 2.75) is 51.2 Å². The molecule has 1 N–H and O–H groups in total. The van der Waals surface area contributed by atoms with Crippen molar-refractivity contribution < 1.29 is 23.1 Å². The van der Waals surface area contributed by atoms with Crippen LogP contribution in [0.1, 0.15) is 39.7 Å². The summed E-state index contributed by atoms with van der Waals surface area (Å²) in [5.74, 6) is 6.58. The maximum Gasteiger partial charge on any atom is 0.247 e. The topological polar surface area (TPSA) is 90.4 Å². The molecule has 34 heavy (non-hydrogen) atoms. The Balaban J connectivity index is 2.50. The first-order valence-electron chi connectivity index (χ1n) is 11.7. The van der Waals surface area contributed by atoms with Crippen LogP contribution in [0.3, 0.4) is 0 Å². The zero-order chi connectivity index (χ0) is 25.6. The van der Waals surface area contributed by atoms with Gasteiger partial charge in [0.1, 0.15) is 16.7 Å². The van der Waals surface area contributed by atoms with Crippen molar-refractivity contribution >= 4 is 15.9 Å². The normalized spacial score (nSPS) is 21.0. The highest BCUT2D eigenvalue weighted by molar-refractivity contribution is 7.89. The summed E-state index contributed by atoms with van der Waals surface area (Å²) in [6.45, 7) is 8.19. The number of amides is 1. The van der Waals surface area contributed by atoms with Gasteiger partial charge < -0.3 is 19.6 Å². The molecule has 1 aromatic carbocycles. The third-order valence-corrected chi connectivity index (χ3v) is 7.76. The standard InChI is InChI=1S/C25H39N3O5S/c1-18(2)9-8-10-21-11-12-24-22(13-21)33-23(15-27(7)25(30)16-26(5)6)19(3)14-28(20(4)17-29)34(24,31)32/h11-13,18-20,23,29H,9,14-17H2,1-7H3/t19-,20-,23+/m0/s1. The molecule has 1 aliphatic heterocycles. The lowest BCUT2D eigenvalue weighted by molar-refractivity contribution is -0.132. The molecule has 0 saturated carbocycles. The number of likely N-dealkylation sites (N-methyl/N-ethyl adjacent to an activating group) is 2. The van der Waals surface area contributed by atoms with Crippen LogP contribution in [0, 0.1) is 23.7 Å². The Bertz CT molecular complexity index is 1010. The summed E-state index contributed by atoms with van der Waals surface area (Å²) in [6.07, 6.45) is 0.286. The quantitative estimate of drug-likeness (QED) is 0.584. The number of benzene rings is 1. The van der Waals surface area contributed by atoms with E-state index in [0.29, 0.717) is 18.0 Å². The highest BCUT2D eigenvalue weighted by Gasteiger charge is 2.38. The molecule has 1 heterocycles. The van der Waals surface area contributed by atoms with Gasteiger partial charge in [-0.2, -0.15) is 4.31 Å². The average molecular weight is 494 g/mol. The molecule has 0 radical (unpaired) electrons. The fourth-order valence-electron chi connectivity index (χ4n) is 3.64. The van der Waals surface area contributed by atoms with Gasteiger partial charge in [-0.15, -0.1) is 0 Å². The Morgan fingerprint density at radius 3 is 2.53 bits per heavy atom. The van der Waals surface area contributed by atoms with Crippen LogP contribution in [0.4, 0.5) is 0 Å². The van der Waals surface area contributed by atoms with Crippen molar-refractivity contribution in [3.63, 3.8) is 0 Å². The first-order valence-corrected chi connectivity index (χ1v) is 13.1. The van der Waals surface area contributed by atoms with Gasteiger partial charge in [-0.3, -0.25) is 4.79 Å². The molecular weight excluding hydrogens is 454 g/mol. The van der Waals surface area contributed by atoms with E-state index in [9.17, 15) is 18.3 Å². The minimum absolute atomic E-state index is 0.0429. The predicted molar refractivity (Wildman–Crippen MR) is 133 cm³/mol. The second-order valence-corrected chi connectivity index (χ2v) is 11.7. The summed E-state index contributed by atoms with van der Waals surface area (Å²) in [6, 6.07) is 4.27. The number of rotatable bonds is 7. The molecule has 0 bridgehead atoms. The van der Waals surface area contributed by atoms with Crippen LogP contribution in [-0.4, -0.2) is 93.1 Å². The van der Waals surface area contributed by atoms with Gasteiger partial charge in [0.25, 0.3) is 0 Å². The number of sulfonamides is 1. The third-order valence-electron chi connectivity index (χ3n) is 5.74. The number of hydrogen-bond donors (Lipinski definition) is 1. The van der Waals surface area contributed by atoms with E-state index >= 15 is 0 Å². The van der Waals surface area contributed by atoms with Gasteiger partial charge in [0.05, 0.1) is 19.7 Å². The van der Waals surface area contributed by atoms with E-state index in [4.69, 9.17) is 4.74 Å². The Morgan fingerprint density at radius 2 is 1.94 bits per heavy atom. The van der Waals surface area contributed by atoms with E-state index in [-0.39, 0.29) is 42.2 Å². The lowest BCUT2D eigenvalue weighted by Gasteiger charge is -2.37. The van der Waals surface area contributed by atoms with E-state index < -0.39 is 22.2 Å². The molecule has 3 atom stereocenters. The van der Waals surface area contributed by atoms with E-state index in [0.717, 1.165) is 6.42 Å². The maximum absolute atomic E-state index is 13.5. The Kier molecular flexibility index (Phi) is 9.95. The van der Waals surface area contributed by atoms with Crippen LogP contribution in [-0.2, 0) is 14.8 Å². The van der Waals surface area contributed by atoms with Crippen molar-refractivity contribution in [2.24, 2.45) is 11.8 Å². The van der Waals surface area contributed by atoms with E-state index in [1.54, 1.807) is 35.9 Å². The first kappa shape index (κ1) is 28.1. The SMILES string of the molecule is CC(C)CC#Cc1ccc2c(c1)O[C@H](CN(C)C(=O)CN(C)C)[C@@H](C)CN([C@@H](C)CO)S2(=O)=O. The van der Waals surface area contributed by atoms with Crippen molar-refractivity contribution in [1.29, 1.82) is 0 Å². The zero-order valence-electron chi connectivity index (χ0n) is 21.4. The smallest absolute Gasteiger partial charge is 0.247 e. The average Bonchev–Trinajstić information content (AvgIpc) is 2.74. The summed E-state index contributed by atoms with van der Waals surface area (Å²) in [7, 11) is 1.48. The summed E-state index contributed by atoms with van der Waals surface area (Å²) < 4.78 is 34.7. The second-order valence-electron chi connectivity index (χ2n) is 9.81. The Hall–Kier alpha value is -2.12. The monoisotopic (exact) mass is 493 g/mol. The number of carbonyl (C=O) groups is 1. The predicted octanol–water partition coefficient (Wildman–Crippen LogP) is 1.87. The molecule has 0 fully saturated rings. The molecule has 2 rings (SSSR count). The molecule has 190 valence electrons. The number of carbonyl (C=O) groups excluding carboxylic acids is 1. The minimum atomic E-state index is -3.91. The van der Waals surface area contributed by atoms with Gasteiger partial charge in [-0.05, 0) is 45.1 Å². The highest BCUT2D eigenvalue weighted by atomic mass is 32.2. The van der Waals surface area contributed by atoms with Crippen LogP contribution < -0.4 is 4.74 Å². The fourth-order valence-corrected chi connectivity index (χ4v) is 5.47. The van der Waals surface area contributed by atoms with Crippen molar-refractivity contribution in [2.75, 3.05) is 47.4 Å². The van der Waals surface area contributed by atoms with Crippen LogP contribution >= 0.6 is 0 Å². The molecule has 1 amide bonds. The molecule has 9 heteroatoms. The van der Waals surface area contributed by atoms with Gasteiger partial charge >= 0.3 is 0 Å². The summed E-state index contributed by atoms with van der Waals surface area (Å²) in [5.41, 5.74) is 0.667. The van der Waals surface area contributed by atoms with Crippen molar-refractivity contribution in [1.82, 2.24) is 14.1 Å². The van der Waals surface area contributed by atoms with Crippen LogP contribution in [0.25, 0.3) is 0 Å². The molecule has 0 spiro atoms. The largest absolute Gasteiger partial charge is 0.487 e. The van der Waals surface area contributed by atoms with Crippen LogP contribution in [0.2, 0.25) is 0 Å². The summed E-state index contributed by atoms with van der Waals surface area (Å²) >= 11 is 0. The van der Waals surface area contributed by atoms with Crippen LogP contribution in [0.5, 0.6) is 5.75 Å². The van der Waals surface area contributed by atoms with Crippen molar-refractivity contribution in [3.8, 4) is 17.6 Å². The number of aliphatic hydroxyl groups excluding tert-OH is 1. The van der Waals surface area contributed by atoms with E-state index in [1.807, 2.05) is 21.0 Å². The van der Waals surface area contributed by atoms with Crippen molar-refractivity contribution in [3.05, 3.63) is 23.8 Å². The second kappa shape index (κ2) is 12.0. The highest BCUT2D eigenvalue weighted by Crippen LogP contribution is 2.34. The molecular formula is C25H39N3O5S. The minimum Gasteiger partial charge on any atom is -0.487 e. The van der Waals surface area contributed by atoms with Gasteiger partial charge in [-0.1, -0.05) is 32.6 Å². The summed E-state index contributed by atoms with van der Waals surface area (Å²) in [4.78, 5) is 16.0. The molecule has 0 unspecified atom stereocenters. The van der Waals surface area contributed by atoms with Gasteiger partial charge in [0.2, 0.25) is 15.9 Å². The molecule has 1 aromatic rings. The van der Waals surface area contributed by atoms with E-state index in [2.05, 4.69) is 25.7 Å². The van der Waals surface area contributed by atoms with Crippen LogP contribution in [0.15, 0.2) is 23.1 Å². The molecule has 0 aromatic heterocycles. The maximum atomic E-state index is 13.5. The molecule has 8 nitrogen and oxygen atoms in total. The Labute approximate surface area is 204 Å². The summed E-state index contributed by atoms with van der Waals surface area (Å²) in [5, 5.41) is 9.76. The number of nitrogens with zero attached hydrogens (tertiary/aromatic N) is 3. The Morgan fingerprint density at radius 1 is 1.26 bits per heavy atom. The van der Waals surface area contributed by atoms with Gasteiger partial charge in [0, 0.05) is 37.5 Å². The lowest BCUT2D eigenvalue weighted by atomic mass is 10.0. The van der Waals surface area contributed by atoms with Gasteiger partial charge in [-0.25, -0.2) is 8.42 Å². The number of aliphatic hydroxyl groups is 1. The van der Waals surface area contributed by atoms with Gasteiger partial charge in [0.15, 0.2) is 0 Å². The lowest BCUT2D eigenvalue weighted by Crippen LogP contribution is -2.50. The number of hydrogen-bond acceptors (Lipinski definition) is 6. The third kappa shape index (κ3) is 7.19. The zero-order valence-corrected chi connectivity index (χ0v) is 22.2. The fraction of sp³-hybridized carbons (Fsp3) is 0.640. The van der Waals surface area contributed by atoms with E-state index in [1.165, 1.54) is 10.4 Å². The molecule has 1 aliphatic rings. The first-order chi connectivity index (χ1) is 15.9.